The van der Waals surface area contributed by atoms with Gasteiger partial charge in [0, 0.05) is 36.9 Å². The summed E-state index contributed by atoms with van der Waals surface area (Å²) in [6, 6.07) is 15.0. The molecule has 0 fully saturated rings. The standard InChI is InChI=1S/C19H19N3O2.ClH/c1-21(14-17-6-2-5-16-11-12-20-19(16)17)13-3-4-15-7-9-18(10-8-15)22(23)24;/h2-12,20H,13-14H2,1H3;1H/b4-3+;. The summed E-state index contributed by atoms with van der Waals surface area (Å²) < 4.78 is 0. The predicted molar refractivity (Wildman–Crippen MR) is 104 cm³/mol. The molecule has 25 heavy (non-hydrogen) atoms. The second kappa shape index (κ2) is 8.46. The van der Waals surface area contributed by atoms with Crippen molar-refractivity contribution in [1.82, 2.24) is 9.88 Å². The van der Waals surface area contributed by atoms with E-state index in [1.165, 1.54) is 28.6 Å². The Kier molecular flexibility index (Phi) is 6.33. The monoisotopic (exact) mass is 357 g/mol. The Morgan fingerprint density at radius 1 is 1.16 bits per heavy atom. The van der Waals surface area contributed by atoms with E-state index in [-0.39, 0.29) is 23.0 Å². The molecule has 5 nitrogen and oxygen atoms in total. The number of aromatic amines is 1. The average Bonchev–Trinajstić information content (AvgIpc) is 3.05. The van der Waals surface area contributed by atoms with Crippen LogP contribution >= 0.6 is 12.4 Å². The van der Waals surface area contributed by atoms with Crippen LogP contribution in [0.3, 0.4) is 0 Å². The average molecular weight is 358 g/mol. The molecule has 3 rings (SSSR count). The largest absolute Gasteiger partial charge is 0.361 e. The van der Waals surface area contributed by atoms with E-state index in [1.807, 2.05) is 12.3 Å². The van der Waals surface area contributed by atoms with Gasteiger partial charge >= 0.3 is 0 Å². The smallest absolute Gasteiger partial charge is 0.269 e. The van der Waals surface area contributed by atoms with Gasteiger partial charge in [0.1, 0.15) is 0 Å². The van der Waals surface area contributed by atoms with Crippen molar-refractivity contribution in [2.75, 3.05) is 13.6 Å². The van der Waals surface area contributed by atoms with E-state index >= 15 is 0 Å². The second-order valence-corrected chi connectivity index (χ2v) is 5.81. The van der Waals surface area contributed by atoms with Gasteiger partial charge in [-0.15, -0.1) is 12.4 Å². The summed E-state index contributed by atoms with van der Waals surface area (Å²) in [4.78, 5) is 15.8. The van der Waals surface area contributed by atoms with E-state index < -0.39 is 0 Å². The zero-order valence-electron chi connectivity index (χ0n) is 13.9. The van der Waals surface area contributed by atoms with Gasteiger partial charge in [-0.2, -0.15) is 0 Å². The topological polar surface area (TPSA) is 62.2 Å². The van der Waals surface area contributed by atoms with Crippen LogP contribution in [0.2, 0.25) is 0 Å². The molecule has 0 aliphatic heterocycles. The van der Waals surface area contributed by atoms with Crippen LogP contribution in [-0.4, -0.2) is 28.4 Å². The van der Waals surface area contributed by atoms with Crippen LogP contribution in [0, 0.1) is 10.1 Å². The Labute approximate surface area is 152 Å². The molecule has 2 aromatic carbocycles. The van der Waals surface area contributed by atoms with Gasteiger partial charge < -0.3 is 4.98 Å². The van der Waals surface area contributed by atoms with Crippen molar-refractivity contribution in [3.8, 4) is 0 Å². The SMILES string of the molecule is CN(C/C=C/c1ccc([N+](=O)[O-])cc1)Cc1cccc2cc[nH]c12.Cl. The molecule has 0 atom stereocenters. The zero-order chi connectivity index (χ0) is 16.9. The minimum absolute atomic E-state index is 0. The van der Waals surface area contributed by atoms with Gasteiger partial charge in [-0.3, -0.25) is 15.0 Å². The summed E-state index contributed by atoms with van der Waals surface area (Å²) in [7, 11) is 2.07. The molecule has 3 aromatic rings. The van der Waals surface area contributed by atoms with E-state index in [1.54, 1.807) is 12.1 Å². The molecule has 0 amide bonds. The van der Waals surface area contributed by atoms with Crippen LogP contribution in [0.5, 0.6) is 0 Å². The Hall–Kier alpha value is -2.63. The summed E-state index contributed by atoms with van der Waals surface area (Å²) >= 11 is 0. The van der Waals surface area contributed by atoms with Gasteiger partial charge in [-0.05, 0) is 41.8 Å². The van der Waals surface area contributed by atoms with Crippen molar-refractivity contribution >= 4 is 35.1 Å². The molecule has 130 valence electrons. The summed E-state index contributed by atoms with van der Waals surface area (Å²) in [6.07, 6.45) is 6.01. The lowest BCUT2D eigenvalue weighted by molar-refractivity contribution is -0.384. The number of benzene rings is 2. The normalized spacial score (nSPS) is 11.1. The van der Waals surface area contributed by atoms with E-state index in [0.29, 0.717) is 0 Å². The highest BCUT2D eigenvalue weighted by atomic mass is 35.5. The summed E-state index contributed by atoms with van der Waals surface area (Å²) in [5.41, 5.74) is 3.52. The number of aromatic nitrogens is 1. The third kappa shape index (κ3) is 4.68. The molecule has 1 heterocycles. The maximum absolute atomic E-state index is 10.6. The number of nitro benzene ring substituents is 1. The Balaban J connectivity index is 0.00000225. The molecule has 0 radical (unpaired) electrons. The lowest BCUT2D eigenvalue weighted by Crippen LogP contribution is -2.17. The van der Waals surface area contributed by atoms with Crippen molar-refractivity contribution in [2.45, 2.75) is 6.54 Å². The molecule has 0 saturated heterocycles. The number of nitrogens with zero attached hydrogens (tertiary/aromatic N) is 2. The van der Waals surface area contributed by atoms with Crippen LogP contribution in [0.1, 0.15) is 11.1 Å². The molecule has 0 aliphatic carbocycles. The first kappa shape index (κ1) is 18.7. The molecule has 1 N–H and O–H groups in total. The van der Waals surface area contributed by atoms with Crippen LogP contribution in [0.25, 0.3) is 17.0 Å². The Bertz CT molecular complexity index is 872. The molecule has 0 unspecified atom stereocenters. The van der Waals surface area contributed by atoms with Gasteiger partial charge in [0.2, 0.25) is 0 Å². The number of para-hydroxylation sites is 1. The lowest BCUT2D eigenvalue weighted by Gasteiger charge is -2.15. The van der Waals surface area contributed by atoms with Crippen LogP contribution in [-0.2, 0) is 6.54 Å². The predicted octanol–water partition coefficient (Wildman–Crippen LogP) is 4.64. The van der Waals surface area contributed by atoms with Crippen LogP contribution in [0.15, 0.2) is 60.8 Å². The number of non-ortho nitro benzene ring substituents is 1. The highest BCUT2D eigenvalue weighted by Gasteiger charge is 2.05. The molecule has 0 aliphatic rings. The second-order valence-electron chi connectivity index (χ2n) is 5.81. The molecule has 0 bridgehead atoms. The minimum atomic E-state index is -0.386. The molecular weight excluding hydrogens is 338 g/mol. The third-order valence-electron chi connectivity index (χ3n) is 3.95. The van der Waals surface area contributed by atoms with Gasteiger partial charge in [-0.1, -0.05) is 30.4 Å². The summed E-state index contributed by atoms with van der Waals surface area (Å²) in [5, 5.41) is 11.9. The Morgan fingerprint density at radius 3 is 2.64 bits per heavy atom. The van der Waals surface area contributed by atoms with Crippen LogP contribution < -0.4 is 0 Å². The number of H-pyrrole nitrogens is 1. The van der Waals surface area contributed by atoms with Crippen molar-refractivity contribution in [3.05, 3.63) is 82.0 Å². The van der Waals surface area contributed by atoms with Gasteiger partial charge in [0.15, 0.2) is 0 Å². The summed E-state index contributed by atoms with van der Waals surface area (Å²) in [6.45, 7) is 1.65. The number of halogens is 1. The first-order valence-electron chi connectivity index (χ1n) is 7.78. The number of hydrogen-bond donors (Lipinski definition) is 1. The van der Waals surface area contributed by atoms with E-state index in [4.69, 9.17) is 0 Å². The van der Waals surface area contributed by atoms with E-state index in [2.05, 4.69) is 47.3 Å². The number of hydrogen-bond acceptors (Lipinski definition) is 3. The fourth-order valence-electron chi connectivity index (χ4n) is 2.71. The summed E-state index contributed by atoms with van der Waals surface area (Å²) in [5.74, 6) is 0. The van der Waals surface area contributed by atoms with Crippen molar-refractivity contribution in [2.24, 2.45) is 0 Å². The van der Waals surface area contributed by atoms with Crippen LogP contribution in [0.4, 0.5) is 5.69 Å². The number of rotatable bonds is 6. The number of fused-ring (bicyclic) bond motifs is 1. The zero-order valence-corrected chi connectivity index (χ0v) is 14.7. The number of likely N-dealkylation sites (N-methyl/N-ethyl adjacent to an activating group) is 1. The number of nitro groups is 1. The van der Waals surface area contributed by atoms with Crippen molar-refractivity contribution in [1.29, 1.82) is 0 Å². The Morgan fingerprint density at radius 2 is 1.92 bits per heavy atom. The van der Waals surface area contributed by atoms with E-state index in [9.17, 15) is 10.1 Å². The van der Waals surface area contributed by atoms with Crippen molar-refractivity contribution < 1.29 is 4.92 Å². The quantitative estimate of drug-likeness (QED) is 0.516. The highest BCUT2D eigenvalue weighted by Crippen LogP contribution is 2.18. The first-order valence-corrected chi connectivity index (χ1v) is 7.78. The van der Waals surface area contributed by atoms with Gasteiger partial charge in [0.05, 0.1) is 4.92 Å². The fraction of sp³-hybridized carbons (Fsp3) is 0.158. The van der Waals surface area contributed by atoms with Crippen molar-refractivity contribution in [3.63, 3.8) is 0 Å². The fourth-order valence-corrected chi connectivity index (χ4v) is 2.71. The molecule has 0 saturated carbocycles. The van der Waals surface area contributed by atoms with Gasteiger partial charge in [0.25, 0.3) is 5.69 Å². The molecule has 0 spiro atoms. The maximum atomic E-state index is 10.6. The molecular formula is C19H20ClN3O2. The van der Waals surface area contributed by atoms with E-state index in [0.717, 1.165) is 18.7 Å². The highest BCUT2D eigenvalue weighted by molar-refractivity contribution is 5.85. The third-order valence-corrected chi connectivity index (χ3v) is 3.95. The molecule has 6 heteroatoms. The lowest BCUT2D eigenvalue weighted by atomic mass is 10.1. The first-order chi connectivity index (χ1) is 11.6. The van der Waals surface area contributed by atoms with Gasteiger partial charge in [-0.25, -0.2) is 0 Å². The number of nitrogens with one attached hydrogen (secondary N) is 1. The maximum Gasteiger partial charge on any atom is 0.269 e. The minimum Gasteiger partial charge on any atom is -0.361 e. The molecule has 1 aromatic heterocycles.